The second kappa shape index (κ2) is 6.48. The standard InChI is InChI=1S/C15H23NOS/c16-12-15(7-2-1-3-8-15)10-14(17)5-4-13-6-9-18-11-13/h6,9,11H,1-5,7-8,10,12,16H2. The van der Waals surface area contributed by atoms with Gasteiger partial charge in [-0.3, -0.25) is 4.79 Å². The molecule has 0 radical (unpaired) electrons. The van der Waals surface area contributed by atoms with Crippen molar-refractivity contribution >= 4 is 17.1 Å². The predicted molar refractivity (Wildman–Crippen MR) is 76.8 cm³/mol. The molecule has 1 heterocycles. The van der Waals surface area contributed by atoms with Gasteiger partial charge in [-0.1, -0.05) is 19.3 Å². The van der Waals surface area contributed by atoms with Crippen LogP contribution in [0.3, 0.4) is 0 Å². The fourth-order valence-corrected chi connectivity index (χ4v) is 3.68. The Kier molecular flexibility index (Phi) is 4.95. The average molecular weight is 265 g/mol. The van der Waals surface area contributed by atoms with Crippen LogP contribution < -0.4 is 5.73 Å². The van der Waals surface area contributed by atoms with Gasteiger partial charge in [-0.25, -0.2) is 0 Å². The Morgan fingerprint density at radius 2 is 2.11 bits per heavy atom. The minimum Gasteiger partial charge on any atom is -0.330 e. The van der Waals surface area contributed by atoms with E-state index >= 15 is 0 Å². The third-order valence-electron chi connectivity index (χ3n) is 4.19. The molecule has 1 aliphatic carbocycles. The lowest BCUT2D eigenvalue weighted by Gasteiger charge is -2.35. The summed E-state index contributed by atoms with van der Waals surface area (Å²) in [4.78, 5) is 12.1. The van der Waals surface area contributed by atoms with E-state index in [2.05, 4.69) is 16.8 Å². The van der Waals surface area contributed by atoms with E-state index in [4.69, 9.17) is 5.73 Å². The van der Waals surface area contributed by atoms with E-state index in [1.54, 1.807) is 11.3 Å². The van der Waals surface area contributed by atoms with Crippen molar-refractivity contribution in [1.29, 1.82) is 0 Å². The highest BCUT2D eigenvalue weighted by molar-refractivity contribution is 7.07. The molecule has 3 heteroatoms. The van der Waals surface area contributed by atoms with Crippen molar-refractivity contribution in [3.63, 3.8) is 0 Å². The van der Waals surface area contributed by atoms with Crippen LogP contribution in [0.15, 0.2) is 16.8 Å². The molecule has 1 aromatic heterocycles. The lowest BCUT2D eigenvalue weighted by Crippen LogP contribution is -2.35. The summed E-state index contributed by atoms with van der Waals surface area (Å²) in [6, 6.07) is 2.11. The predicted octanol–water partition coefficient (Wildman–Crippen LogP) is 3.55. The zero-order valence-electron chi connectivity index (χ0n) is 11.0. The van der Waals surface area contributed by atoms with Gasteiger partial charge in [-0.05, 0) is 53.6 Å². The molecule has 1 saturated carbocycles. The quantitative estimate of drug-likeness (QED) is 0.854. The van der Waals surface area contributed by atoms with Gasteiger partial charge in [-0.15, -0.1) is 0 Å². The summed E-state index contributed by atoms with van der Waals surface area (Å²) < 4.78 is 0. The molecule has 18 heavy (non-hydrogen) atoms. The molecule has 0 atom stereocenters. The van der Waals surface area contributed by atoms with Crippen molar-refractivity contribution in [3.05, 3.63) is 22.4 Å². The summed E-state index contributed by atoms with van der Waals surface area (Å²) in [6.07, 6.45) is 8.37. The Balaban J connectivity index is 1.81. The lowest BCUT2D eigenvalue weighted by molar-refractivity contribution is -0.121. The number of ketones is 1. The number of aryl methyl sites for hydroxylation is 1. The Morgan fingerprint density at radius 3 is 2.72 bits per heavy atom. The third kappa shape index (κ3) is 3.66. The van der Waals surface area contributed by atoms with Crippen LogP contribution in [0, 0.1) is 5.41 Å². The Morgan fingerprint density at radius 1 is 1.33 bits per heavy atom. The molecule has 2 rings (SSSR count). The van der Waals surface area contributed by atoms with Crippen molar-refractivity contribution in [2.45, 2.75) is 51.4 Å². The minimum absolute atomic E-state index is 0.129. The zero-order chi connectivity index (χ0) is 12.8. The van der Waals surface area contributed by atoms with Crippen LogP contribution in [0.5, 0.6) is 0 Å². The summed E-state index contributed by atoms with van der Waals surface area (Å²) >= 11 is 1.70. The SMILES string of the molecule is NCC1(CC(=O)CCc2ccsc2)CCCCC1. The van der Waals surface area contributed by atoms with E-state index in [1.165, 1.54) is 24.8 Å². The normalized spacial score (nSPS) is 18.7. The molecule has 1 aliphatic rings. The first-order valence-corrected chi connectivity index (χ1v) is 7.91. The second-order valence-corrected chi connectivity index (χ2v) is 6.39. The Hall–Kier alpha value is -0.670. The molecular weight excluding hydrogens is 242 g/mol. The van der Waals surface area contributed by atoms with Gasteiger partial charge >= 0.3 is 0 Å². The summed E-state index contributed by atoms with van der Waals surface area (Å²) in [7, 11) is 0. The molecule has 0 amide bonds. The molecule has 100 valence electrons. The van der Waals surface area contributed by atoms with Crippen molar-refractivity contribution in [1.82, 2.24) is 0 Å². The zero-order valence-corrected chi connectivity index (χ0v) is 11.8. The largest absolute Gasteiger partial charge is 0.330 e. The van der Waals surface area contributed by atoms with E-state index < -0.39 is 0 Å². The maximum atomic E-state index is 12.1. The van der Waals surface area contributed by atoms with Gasteiger partial charge in [0.1, 0.15) is 5.78 Å². The number of nitrogens with two attached hydrogens (primary N) is 1. The number of thiophene rings is 1. The fraction of sp³-hybridized carbons (Fsp3) is 0.667. The van der Waals surface area contributed by atoms with Crippen molar-refractivity contribution in [2.24, 2.45) is 11.1 Å². The van der Waals surface area contributed by atoms with Crippen LogP contribution in [-0.2, 0) is 11.2 Å². The summed E-state index contributed by atoms with van der Waals surface area (Å²) in [6.45, 7) is 0.678. The molecule has 0 saturated heterocycles. The molecule has 1 aromatic rings. The van der Waals surface area contributed by atoms with E-state index in [0.717, 1.165) is 19.3 Å². The first kappa shape index (κ1) is 13.8. The van der Waals surface area contributed by atoms with Gasteiger partial charge < -0.3 is 5.73 Å². The van der Waals surface area contributed by atoms with Gasteiger partial charge in [0.25, 0.3) is 0 Å². The number of hydrogen-bond donors (Lipinski definition) is 1. The van der Waals surface area contributed by atoms with Crippen LogP contribution >= 0.6 is 11.3 Å². The topological polar surface area (TPSA) is 43.1 Å². The molecule has 2 N–H and O–H groups in total. The van der Waals surface area contributed by atoms with Crippen molar-refractivity contribution in [2.75, 3.05) is 6.54 Å². The molecule has 0 unspecified atom stereocenters. The number of hydrogen-bond acceptors (Lipinski definition) is 3. The Bertz CT molecular complexity index is 366. The smallest absolute Gasteiger partial charge is 0.133 e. The monoisotopic (exact) mass is 265 g/mol. The van der Waals surface area contributed by atoms with Gasteiger partial charge in [0.2, 0.25) is 0 Å². The first-order valence-electron chi connectivity index (χ1n) is 6.97. The van der Waals surface area contributed by atoms with Crippen LogP contribution in [-0.4, -0.2) is 12.3 Å². The number of rotatable bonds is 6. The molecule has 2 nitrogen and oxygen atoms in total. The molecule has 0 spiro atoms. The van der Waals surface area contributed by atoms with Gasteiger partial charge in [0, 0.05) is 12.8 Å². The van der Waals surface area contributed by atoms with Gasteiger partial charge in [-0.2, -0.15) is 11.3 Å². The second-order valence-electron chi connectivity index (χ2n) is 5.61. The summed E-state index contributed by atoms with van der Waals surface area (Å²) in [5, 5.41) is 4.20. The highest BCUT2D eigenvalue weighted by atomic mass is 32.1. The maximum Gasteiger partial charge on any atom is 0.133 e. The number of Topliss-reactive ketones (excluding diaryl/α,β-unsaturated/α-hetero) is 1. The van der Waals surface area contributed by atoms with Gasteiger partial charge in [0.15, 0.2) is 0 Å². The van der Waals surface area contributed by atoms with Crippen LogP contribution in [0.1, 0.15) is 50.5 Å². The fourth-order valence-electron chi connectivity index (χ4n) is 2.98. The van der Waals surface area contributed by atoms with Crippen LogP contribution in [0.4, 0.5) is 0 Å². The number of carbonyl (C=O) groups is 1. The van der Waals surface area contributed by atoms with Gasteiger partial charge in [0.05, 0.1) is 0 Å². The molecular formula is C15H23NOS. The van der Waals surface area contributed by atoms with Crippen LogP contribution in [0.25, 0.3) is 0 Å². The van der Waals surface area contributed by atoms with Crippen molar-refractivity contribution in [3.8, 4) is 0 Å². The van der Waals surface area contributed by atoms with E-state index in [9.17, 15) is 4.79 Å². The summed E-state index contributed by atoms with van der Waals surface area (Å²) in [5.41, 5.74) is 7.35. The van der Waals surface area contributed by atoms with Crippen LogP contribution in [0.2, 0.25) is 0 Å². The average Bonchev–Trinajstić information content (AvgIpc) is 2.91. The third-order valence-corrected chi connectivity index (χ3v) is 4.92. The Labute approximate surface area is 114 Å². The molecule has 0 aromatic carbocycles. The highest BCUT2D eigenvalue weighted by Crippen LogP contribution is 2.38. The molecule has 0 aliphatic heterocycles. The van der Waals surface area contributed by atoms with E-state index in [0.29, 0.717) is 25.2 Å². The van der Waals surface area contributed by atoms with E-state index in [-0.39, 0.29) is 5.41 Å². The maximum absolute atomic E-state index is 12.1. The van der Waals surface area contributed by atoms with Crippen molar-refractivity contribution < 1.29 is 4.79 Å². The summed E-state index contributed by atoms with van der Waals surface area (Å²) in [5.74, 6) is 0.397. The minimum atomic E-state index is 0.129. The first-order chi connectivity index (χ1) is 8.74. The highest BCUT2D eigenvalue weighted by Gasteiger charge is 2.32. The lowest BCUT2D eigenvalue weighted by atomic mass is 9.70. The number of carbonyl (C=O) groups excluding carboxylic acids is 1. The molecule has 1 fully saturated rings. The van der Waals surface area contributed by atoms with E-state index in [1.807, 2.05) is 0 Å². The molecule has 0 bridgehead atoms.